The second-order valence-electron chi connectivity index (χ2n) is 11.3. The highest BCUT2D eigenvalue weighted by Gasteiger charge is 2.64. The van der Waals surface area contributed by atoms with Crippen LogP contribution in [0.5, 0.6) is 0 Å². The molecule has 3 aliphatic heterocycles. The number of β-lactam (4-membered cyclic amide) rings is 1. The van der Waals surface area contributed by atoms with Crippen LogP contribution in [-0.4, -0.2) is 85.1 Å². The van der Waals surface area contributed by atoms with Crippen LogP contribution in [0.2, 0.25) is 0 Å². The topological polar surface area (TPSA) is 145 Å². The van der Waals surface area contributed by atoms with Gasteiger partial charge < -0.3 is 25.4 Å². The molecule has 0 radical (unpaired) electrons. The molecule has 0 saturated carbocycles. The SMILES string of the molecule is CC(C)(C)OC(=O)N1CCC[C@H]1C(=O)NC(C(=O)N[C@@H]1C(=O)N2[C@@H]1SC(C)(C)[C@@H]2C(=O)O)c1ccccc1. The van der Waals surface area contributed by atoms with E-state index in [1.165, 1.54) is 21.6 Å². The summed E-state index contributed by atoms with van der Waals surface area (Å²) in [6.45, 7) is 9.12. The van der Waals surface area contributed by atoms with E-state index in [-0.39, 0.29) is 0 Å². The third kappa shape index (κ3) is 5.31. The number of nitrogens with zero attached hydrogens (tertiary/aromatic N) is 2. The second kappa shape index (κ2) is 10.1. The first-order chi connectivity index (χ1) is 17.7. The lowest BCUT2D eigenvalue weighted by molar-refractivity contribution is -0.161. The van der Waals surface area contributed by atoms with E-state index in [1.807, 2.05) is 0 Å². The molecule has 5 atom stereocenters. The van der Waals surface area contributed by atoms with Crippen molar-refractivity contribution >= 4 is 41.5 Å². The zero-order valence-corrected chi connectivity index (χ0v) is 22.9. The molecule has 0 bridgehead atoms. The highest BCUT2D eigenvalue weighted by Crippen LogP contribution is 2.50. The number of carboxylic acids is 1. The molecule has 12 heteroatoms. The molecule has 0 aromatic heterocycles. The first-order valence-electron chi connectivity index (χ1n) is 12.6. The molecular formula is C26H34N4O7S. The third-order valence-electron chi connectivity index (χ3n) is 6.84. The lowest BCUT2D eigenvalue weighted by Gasteiger charge is -2.44. The maximum absolute atomic E-state index is 13.5. The Morgan fingerprint density at radius 3 is 2.42 bits per heavy atom. The molecule has 3 fully saturated rings. The molecule has 11 nitrogen and oxygen atoms in total. The van der Waals surface area contributed by atoms with E-state index in [0.29, 0.717) is 24.9 Å². The van der Waals surface area contributed by atoms with Crippen molar-refractivity contribution in [2.24, 2.45) is 0 Å². The lowest BCUT2D eigenvalue weighted by atomic mass is 9.95. The Bertz CT molecular complexity index is 1140. The van der Waals surface area contributed by atoms with E-state index in [1.54, 1.807) is 65.0 Å². The number of carbonyl (C=O) groups is 5. The van der Waals surface area contributed by atoms with Gasteiger partial charge in [-0.15, -0.1) is 11.8 Å². The van der Waals surface area contributed by atoms with Gasteiger partial charge in [0.25, 0.3) is 0 Å². The highest BCUT2D eigenvalue weighted by molar-refractivity contribution is 8.01. The molecule has 3 aliphatic rings. The highest BCUT2D eigenvalue weighted by atomic mass is 32.2. The Hall–Kier alpha value is -3.28. The summed E-state index contributed by atoms with van der Waals surface area (Å²) in [5, 5.41) is 14.6. The molecule has 0 aliphatic carbocycles. The summed E-state index contributed by atoms with van der Waals surface area (Å²) >= 11 is 1.32. The number of ether oxygens (including phenoxy) is 1. The van der Waals surface area contributed by atoms with Gasteiger partial charge in [-0.1, -0.05) is 30.3 Å². The van der Waals surface area contributed by atoms with Crippen molar-refractivity contribution in [3.8, 4) is 0 Å². The number of nitrogens with one attached hydrogen (secondary N) is 2. The molecule has 0 spiro atoms. The fraction of sp³-hybridized carbons (Fsp3) is 0.577. The van der Waals surface area contributed by atoms with Gasteiger partial charge in [0, 0.05) is 11.3 Å². The number of rotatable bonds is 6. The van der Waals surface area contributed by atoms with E-state index >= 15 is 0 Å². The van der Waals surface area contributed by atoms with Gasteiger partial charge in [-0.05, 0) is 53.0 Å². The molecule has 3 heterocycles. The maximum atomic E-state index is 13.5. The van der Waals surface area contributed by atoms with Crippen LogP contribution >= 0.6 is 11.8 Å². The Labute approximate surface area is 225 Å². The van der Waals surface area contributed by atoms with Crippen molar-refractivity contribution in [1.29, 1.82) is 0 Å². The normalized spacial score (nSPS) is 26.7. The summed E-state index contributed by atoms with van der Waals surface area (Å²) in [6, 6.07) is 4.78. The van der Waals surface area contributed by atoms with Gasteiger partial charge >= 0.3 is 12.1 Å². The van der Waals surface area contributed by atoms with Crippen LogP contribution in [0.25, 0.3) is 0 Å². The van der Waals surface area contributed by atoms with Crippen molar-refractivity contribution in [3.63, 3.8) is 0 Å². The molecule has 1 aromatic rings. The molecule has 1 aromatic carbocycles. The zero-order valence-electron chi connectivity index (χ0n) is 22.1. The minimum Gasteiger partial charge on any atom is -0.480 e. The molecule has 3 saturated heterocycles. The van der Waals surface area contributed by atoms with Crippen LogP contribution in [-0.2, 0) is 23.9 Å². The van der Waals surface area contributed by atoms with Gasteiger partial charge in [-0.3, -0.25) is 19.3 Å². The van der Waals surface area contributed by atoms with Crippen LogP contribution in [0.4, 0.5) is 4.79 Å². The number of fused-ring (bicyclic) bond motifs is 1. The fourth-order valence-corrected chi connectivity index (χ4v) is 6.77. The third-order valence-corrected chi connectivity index (χ3v) is 8.41. The van der Waals surface area contributed by atoms with Crippen LogP contribution in [0.1, 0.15) is 59.1 Å². The quantitative estimate of drug-likeness (QED) is 0.459. The summed E-state index contributed by atoms with van der Waals surface area (Å²) in [5.74, 6) is -2.66. The van der Waals surface area contributed by atoms with Gasteiger partial charge in [0.1, 0.15) is 35.1 Å². The lowest BCUT2D eigenvalue weighted by Crippen LogP contribution is -2.71. The van der Waals surface area contributed by atoms with E-state index in [9.17, 15) is 29.1 Å². The van der Waals surface area contributed by atoms with E-state index in [4.69, 9.17) is 4.74 Å². The Balaban J connectivity index is 1.50. The number of carbonyl (C=O) groups excluding carboxylic acids is 4. The minimum atomic E-state index is -1.12. The summed E-state index contributed by atoms with van der Waals surface area (Å²) in [4.78, 5) is 66.9. The van der Waals surface area contributed by atoms with E-state index < -0.39 is 69.7 Å². The Morgan fingerprint density at radius 2 is 1.82 bits per heavy atom. The van der Waals surface area contributed by atoms with Gasteiger partial charge in [-0.25, -0.2) is 9.59 Å². The van der Waals surface area contributed by atoms with Crippen LogP contribution in [0.3, 0.4) is 0 Å². The van der Waals surface area contributed by atoms with E-state index in [0.717, 1.165) is 0 Å². The number of benzene rings is 1. The van der Waals surface area contributed by atoms with Crippen molar-refractivity contribution in [1.82, 2.24) is 20.4 Å². The van der Waals surface area contributed by atoms with Crippen molar-refractivity contribution < 1.29 is 33.8 Å². The number of carboxylic acid groups (broad SMARTS) is 1. The molecule has 206 valence electrons. The smallest absolute Gasteiger partial charge is 0.410 e. The van der Waals surface area contributed by atoms with Crippen LogP contribution in [0, 0.1) is 0 Å². The number of hydrogen-bond acceptors (Lipinski definition) is 7. The average Bonchev–Trinajstić information content (AvgIpc) is 3.41. The monoisotopic (exact) mass is 546 g/mol. The second-order valence-corrected chi connectivity index (χ2v) is 13.0. The molecule has 3 N–H and O–H groups in total. The number of likely N-dealkylation sites (tertiary alicyclic amines) is 1. The largest absolute Gasteiger partial charge is 0.480 e. The van der Waals surface area contributed by atoms with Crippen molar-refractivity contribution in [2.45, 2.75) is 87.3 Å². The Morgan fingerprint density at radius 1 is 1.16 bits per heavy atom. The first-order valence-corrected chi connectivity index (χ1v) is 13.5. The Kier molecular flexibility index (Phi) is 7.39. The average molecular weight is 547 g/mol. The number of aliphatic carboxylic acids is 1. The predicted molar refractivity (Wildman–Crippen MR) is 139 cm³/mol. The van der Waals surface area contributed by atoms with Gasteiger partial charge in [0.05, 0.1) is 0 Å². The number of hydrogen-bond donors (Lipinski definition) is 3. The minimum absolute atomic E-state index is 0.362. The first kappa shape index (κ1) is 27.7. The molecule has 1 unspecified atom stereocenters. The number of amides is 4. The molecular weight excluding hydrogens is 512 g/mol. The maximum Gasteiger partial charge on any atom is 0.410 e. The molecule has 4 rings (SSSR count). The fourth-order valence-electron chi connectivity index (χ4n) is 5.14. The zero-order chi connectivity index (χ0) is 28.0. The summed E-state index contributed by atoms with van der Waals surface area (Å²) < 4.78 is 4.72. The van der Waals surface area contributed by atoms with Gasteiger partial charge in [0.2, 0.25) is 17.7 Å². The summed E-state index contributed by atoms with van der Waals surface area (Å²) in [6.07, 6.45) is 0.449. The standard InChI is InChI=1S/C26H34N4O7S/c1-25(2,3)37-24(36)29-13-9-12-15(29)19(31)27-16(14-10-7-6-8-11-14)20(32)28-17-21(33)30-18(23(34)35)26(4,5)38-22(17)30/h6-8,10-11,15-18,22H,9,12-13H2,1-5H3,(H,27,31)(H,28,32)(H,34,35)/t15-,16?,17+,18-,22+/m0/s1. The summed E-state index contributed by atoms with van der Waals surface area (Å²) in [7, 11) is 0. The van der Waals surface area contributed by atoms with Crippen molar-refractivity contribution in [2.75, 3.05) is 6.54 Å². The van der Waals surface area contributed by atoms with E-state index in [2.05, 4.69) is 10.6 Å². The summed E-state index contributed by atoms with van der Waals surface area (Å²) in [5.41, 5.74) is -0.213. The predicted octanol–water partition coefficient (Wildman–Crippen LogP) is 1.88. The van der Waals surface area contributed by atoms with Crippen LogP contribution in [0.15, 0.2) is 30.3 Å². The van der Waals surface area contributed by atoms with Crippen molar-refractivity contribution in [3.05, 3.63) is 35.9 Å². The van der Waals surface area contributed by atoms with Gasteiger partial charge in [-0.2, -0.15) is 0 Å². The molecule has 4 amide bonds. The number of thioether (sulfide) groups is 1. The van der Waals surface area contributed by atoms with Gasteiger partial charge in [0.15, 0.2) is 0 Å². The van der Waals surface area contributed by atoms with Crippen LogP contribution < -0.4 is 10.6 Å². The molecule has 38 heavy (non-hydrogen) atoms.